The highest BCUT2D eigenvalue weighted by molar-refractivity contribution is 9.10. The Morgan fingerprint density at radius 1 is 1.33 bits per heavy atom. The molecule has 0 heterocycles. The Hall–Kier alpha value is -0.680. The van der Waals surface area contributed by atoms with E-state index < -0.39 is 6.61 Å². The van der Waals surface area contributed by atoms with E-state index in [-0.39, 0.29) is 5.75 Å². The highest BCUT2D eigenvalue weighted by Gasteiger charge is 2.08. The van der Waals surface area contributed by atoms with Crippen molar-refractivity contribution < 1.29 is 13.5 Å². The molecule has 18 heavy (non-hydrogen) atoms. The first-order chi connectivity index (χ1) is 8.63. The highest BCUT2D eigenvalue weighted by Crippen LogP contribution is 2.27. The zero-order chi connectivity index (χ0) is 13.4. The van der Waals surface area contributed by atoms with Crippen LogP contribution in [-0.4, -0.2) is 13.2 Å². The smallest absolute Gasteiger partial charge is 0.387 e. The van der Waals surface area contributed by atoms with Gasteiger partial charge >= 0.3 is 6.61 Å². The SMILES string of the molecule is CCCCCNCc1ccc(OC(F)F)c(Br)c1. The Kier molecular flexibility index (Phi) is 7.20. The van der Waals surface area contributed by atoms with Crippen LogP contribution in [0.25, 0.3) is 0 Å². The molecule has 0 bridgehead atoms. The Morgan fingerprint density at radius 3 is 2.72 bits per heavy atom. The van der Waals surface area contributed by atoms with Gasteiger partial charge in [0.2, 0.25) is 0 Å². The van der Waals surface area contributed by atoms with Crippen molar-refractivity contribution in [2.24, 2.45) is 0 Å². The minimum Gasteiger partial charge on any atom is -0.434 e. The maximum atomic E-state index is 12.1. The molecule has 0 aliphatic heterocycles. The predicted octanol–water partition coefficient (Wildman–Crippen LogP) is 4.33. The summed E-state index contributed by atoms with van der Waals surface area (Å²) < 4.78 is 29.0. The van der Waals surface area contributed by atoms with Crippen LogP contribution in [0, 0.1) is 0 Å². The van der Waals surface area contributed by atoms with Crippen molar-refractivity contribution in [3.05, 3.63) is 28.2 Å². The minimum absolute atomic E-state index is 0.166. The van der Waals surface area contributed by atoms with Gasteiger partial charge in [-0.3, -0.25) is 0 Å². The summed E-state index contributed by atoms with van der Waals surface area (Å²) in [5, 5.41) is 3.31. The van der Waals surface area contributed by atoms with Gasteiger partial charge in [0.1, 0.15) is 5.75 Å². The van der Waals surface area contributed by atoms with Crippen molar-refractivity contribution in [3.8, 4) is 5.75 Å². The molecule has 1 N–H and O–H groups in total. The first-order valence-corrected chi connectivity index (χ1v) is 6.86. The first-order valence-electron chi connectivity index (χ1n) is 6.07. The van der Waals surface area contributed by atoms with E-state index in [1.807, 2.05) is 0 Å². The van der Waals surface area contributed by atoms with Crippen molar-refractivity contribution in [3.63, 3.8) is 0 Å². The monoisotopic (exact) mass is 321 g/mol. The highest BCUT2D eigenvalue weighted by atomic mass is 79.9. The maximum absolute atomic E-state index is 12.1. The van der Waals surface area contributed by atoms with E-state index in [1.165, 1.54) is 12.8 Å². The topological polar surface area (TPSA) is 21.3 Å². The quantitative estimate of drug-likeness (QED) is 0.719. The number of rotatable bonds is 8. The van der Waals surface area contributed by atoms with E-state index in [0.717, 1.165) is 25.1 Å². The standard InChI is InChI=1S/C13H18BrF2NO/c1-2-3-4-7-17-9-10-5-6-12(11(14)8-10)18-13(15)16/h5-6,8,13,17H,2-4,7,9H2,1H3. The Bertz CT molecular complexity index is 361. The van der Waals surface area contributed by atoms with Crippen LogP contribution >= 0.6 is 15.9 Å². The predicted molar refractivity (Wildman–Crippen MR) is 72.0 cm³/mol. The van der Waals surface area contributed by atoms with E-state index >= 15 is 0 Å². The molecule has 2 nitrogen and oxygen atoms in total. The summed E-state index contributed by atoms with van der Waals surface area (Å²) in [6, 6.07) is 5.14. The van der Waals surface area contributed by atoms with E-state index in [4.69, 9.17) is 0 Å². The van der Waals surface area contributed by atoms with Crippen molar-refractivity contribution in [2.45, 2.75) is 39.3 Å². The van der Waals surface area contributed by atoms with Gasteiger partial charge in [0.25, 0.3) is 0 Å². The Balaban J connectivity index is 2.41. The number of nitrogens with one attached hydrogen (secondary N) is 1. The van der Waals surface area contributed by atoms with Gasteiger partial charge in [-0.25, -0.2) is 0 Å². The molecule has 0 unspecified atom stereocenters. The molecular weight excluding hydrogens is 304 g/mol. The average Bonchev–Trinajstić information content (AvgIpc) is 2.32. The molecule has 1 aromatic carbocycles. The lowest BCUT2D eigenvalue weighted by Crippen LogP contribution is -2.14. The van der Waals surface area contributed by atoms with Crippen molar-refractivity contribution in [2.75, 3.05) is 6.54 Å². The summed E-state index contributed by atoms with van der Waals surface area (Å²) in [5.74, 6) is 0.166. The Labute approximate surface area is 115 Å². The van der Waals surface area contributed by atoms with Gasteiger partial charge in [-0.2, -0.15) is 8.78 Å². The van der Waals surface area contributed by atoms with Crippen molar-refractivity contribution in [1.29, 1.82) is 0 Å². The maximum Gasteiger partial charge on any atom is 0.387 e. The molecule has 1 rings (SSSR count). The molecule has 0 saturated heterocycles. The molecule has 0 aliphatic carbocycles. The molecule has 5 heteroatoms. The average molecular weight is 322 g/mol. The van der Waals surface area contributed by atoms with Crippen LogP contribution in [0.15, 0.2) is 22.7 Å². The third kappa shape index (κ3) is 5.78. The number of halogens is 3. The fourth-order valence-electron chi connectivity index (χ4n) is 1.58. The molecule has 0 spiro atoms. The van der Waals surface area contributed by atoms with Crippen LogP contribution in [0.2, 0.25) is 0 Å². The van der Waals surface area contributed by atoms with Gasteiger partial charge in [-0.05, 0) is 46.6 Å². The number of benzene rings is 1. The lowest BCUT2D eigenvalue weighted by atomic mass is 10.2. The van der Waals surface area contributed by atoms with E-state index in [2.05, 4.69) is 32.9 Å². The number of ether oxygens (including phenoxy) is 1. The second-order valence-corrected chi connectivity index (χ2v) is 4.88. The van der Waals surface area contributed by atoms with Crippen molar-refractivity contribution >= 4 is 15.9 Å². The third-order valence-electron chi connectivity index (χ3n) is 2.50. The second kappa shape index (κ2) is 8.43. The number of unbranched alkanes of at least 4 members (excludes halogenated alkanes) is 2. The van der Waals surface area contributed by atoms with Crippen LogP contribution in [0.1, 0.15) is 31.7 Å². The van der Waals surface area contributed by atoms with Gasteiger partial charge in [0.15, 0.2) is 0 Å². The zero-order valence-electron chi connectivity index (χ0n) is 10.4. The molecular formula is C13H18BrF2NO. The molecule has 0 atom stereocenters. The van der Waals surface area contributed by atoms with Gasteiger partial charge in [0.05, 0.1) is 4.47 Å². The lowest BCUT2D eigenvalue weighted by Gasteiger charge is -2.09. The van der Waals surface area contributed by atoms with Gasteiger partial charge < -0.3 is 10.1 Å². The summed E-state index contributed by atoms with van der Waals surface area (Å²) in [5.41, 5.74) is 1.04. The minimum atomic E-state index is -2.79. The summed E-state index contributed by atoms with van der Waals surface area (Å²) in [6.45, 7) is 1.08. The molecule has 0 aromatic heterocycles. The molecule has 102 valence electrons. The normalized spacial score (nSPS) is 10.9. The van der Waals surface area contributed by atoms with Gasteiger partial charge in [-0.15, -0.1) is 0 Å². The molecule has 0 amide bonds. The lowest BCUT2D eigenvalue weighted by molar-refractivity contribution is -0.0503. The van der Waals surface area contributed by atoms with Crippen LogP contribution in [0.4, 0.5) is 8.78 Å². The summed E-state index contributed by atoms with van der Waals surface area (Å²) in [4.78, 5) is 0. The summed E-state index contributed by atoms with van der Waals surface area (Å²) in [6.07, 6.45) is 3.58. The first kappa shape index (κ1) is 15.4. The summed E-state index contributed by atoms with van der Waals surface area (Å²) in [7, 11) is 0. The molecule has 0 radical (unpaired) electrons. The van der Waals surface area contributed by atoms with Crippen LogP contribution in [-0.2, 0) is 6.54 Å². The number of hydrogen-bond acceptors (Lipinski definition) is 2. The molecule has 0 saturated carbocycles. The molecule has 0 aliphatic rings. The fourth-order valence-corrected chi connectivity index (χ4v) is 2.10. The Morgan fingerprint density at radius 2 is 2.11 bits per heavy atom. The zero-order valence-corrected chi connectivity index (χ0v) is 12.0. The second-order valence-electron chi connectivity index (χ2n) is 4.03. The van der Waals surface area contributed by atoms with E-state index in [1.54, 1.807) is 18.2 Å². The van der Waals surface area contributed by atoms with Crippen LogP contribution in [0.5, 0.6) is 5.75 Å². The number of alkyl halides is 2. The molecule has 1 aromatic rings. The molecule has 0 fully saturated rings. The van der Waals surface area contributed by atoms with E-state index in [0.29, 0.717) is 4.47 Å². The number of hydrogen-bond donors (Lipinski definition) is 1. The largest absolute Gasteiger partial charge is 0.434 e. The summed E-state index contributed by atoms with van der Waals surface area (Å²) >= 11 is 3.22. The van der Waals surface area contributed by atoms with Crippen molar-refractivity contribution in [1.82, 2.24) is 5.32 Å². The van der Waals surface area contributed by atoms with Crippen LogP contribution < -0.4 is 10.1 Å². The van der Waals surface area contributed by atoms with E-state index in [9.17, 15) is 8.78 Å². The fraction of sp³-hybridized carbons (Fsp3) is 0.538. The van der Waals surface area contributed by atoms with Gasteiger partial charge in [0, 0.05) is 6.54 Å². The third-order valence-corrected chi connectivity index (χ3v) is 3.12. The van der Waals surface area contributed by atoms with Crippen LogP contribution in [0.3, 0.4) is 0 Å². The van der Waals surface area contributed by atoms with Gasteiger partial charge in [-0.1, -0.05) is 25.8 Å².